The Morgan fingerprint density at radius 2 is 2.19 bits per heavy atom. The van der Waals surface area contributed by atoms with E-state index in [1.165, 1.54) is 6.42 Å². The molecule has 2 saturated heterocycles. The summed E-state index contributed by atoms with van der Waals surface area (Å²) in [5.74, 6) is 0.633. The summed E-state index contributed by atoms with van der Waals surface area (Å²) in [7, 11) is 0. The summed E-state index contributed by atoms with van der Waals surface area (Å²) >= 11 is 1.92. The first kappa shape index (κ1) is 12.7. The van der Waals surface area contributed by atoms with E-state index in [-0.39, 0.29) is 12.2 Å². The Bertz CT molecular complexity index is 232. The molecule has 0 bridgehead atoms. The molecule has 2 fully saturated rings. The van der Waals surface area contributed by atoms with Crippen molar-refractivity contribution in [3.8, 4) is 0 Å². The first-order valence-electron chi connectivity index (χ1n) is 6.17. The van der Waals surface area contributed by atoms with Gasteiger partial charge < -0.3 is 14.2 Å². The van der Waals surface area contributed by atoms with Crippen LogP contribution in [0.5, 0.6) is 0 Å². The average molecular weight is 246 g/mol. The molecule has 0 amide bonds. The minimum atomic E-state index is -0.405. The highest BCUT2D eigenvalue weighted by Crippen LogP contribution is 2.41. The zero-order chi connectivity index (χ0) is 11.6. The molecule has 0 saturated carbocycles. The lowest BCUT2D eigenvalue weighted by Gasteiger charge is -2.21. The quantitative estimate of drug-likeness (QED) is 0.696. The van der Waals surface area contributed by atoms with Gasteiger partial charge in [-0.25, -0.2) is 0 Å². The van der Waals surface area contributed by atoms with Gasteiger partial charge in [0.05, 0.1) is 18.0 Å². The van der Waals surface area contributed by atoms with Gasteiger partial charge in [-0.05, 0) is 20.3 Å². The van der Waals surface area contributed by atoms with Crippen molar-refractivity contribution in [2.24, 2.45) is 0 Å². The molecule has 2 aliphatic heterocycles. The van der Waals surface area contributed by atoms with E-state index in [4.69, 9.17) is 14.2 Å². The van der Waals surface area contributed by atoms with Gasteiger partial charge in [0, 0.05) is 12.4 Å². The van der Waals surface area contributed by atoms with Crippen LogP contribution < -0.4 is 0 Å². The molecule has 3 atom stereocenters. The van der Waals surface area contributed by atoms with Crippen LogP contribution in [-0.2, 0) is 14.2 Å². The van der Waals surface area contributed by atoms with Crippen LogP contribution in [0, 0.1) is 0 Å². The first-order chi connectivity index (χ1) is 7.62. The van der Waals surface area contributed by atoms with Gasteiger partial charge in [-0.3, -0.25) is 0 Å². The molecule has 2 aliphatic rings. The number of thioether (sulfide) groups is 1. The normalized spacial score (nSPS) is 36.6. The zero-order valence-electron chi connectivity index (χ0n) is 10.4. The third-order valence-corrected chi connectivity index (χ3v) is 4.34. The highest BCUT2D eigenvalue weighted by Gasteiger charge is 2.49. The fourth-order valence-electron chi connectivity index (χ4n) is 2.21. The summed E-state index contributed by atoms with van der Waals surface area (Å²) < 4.78 is 17.4. The molecule has 0 N–H and O–H groups in total. The maximum atomic E-state index is 5.92. The molecule has 0 aromatic rings. The SMILES string of the molecule is CCCCOCC1SCC2OC(C)(C)O[C@@H]21. The summed E-state index contributed by atoms with van der Waals surface area (Å²) in [5, 5.41) is 0.448. The molecule has 2 unspecified atom stereocenters. The fraction of sp³-hybridized carbons (Fsp3) is 1.00. The summed E-state index contributed by atoms with van der Waals surface area (Å²) in [6.07, 6.45) is 2.83. The Kier molecular flexibility index (Phi) is 4.16. The molecule has 2 rings (SSSR count). The van der Waals surface area contributed by atoms with Crippen molar-refractivity contribution < 1.29 is 14.2 Å². The van der Waals surface area contributed by atoms with Gasteiger partial charge in [0.25, 0.3) is 0 Å². The smallest absolute Gasteiger partial charge is 0.163 e. The fourth-order valence-corrected chi connectivity index (χ4v) is 3.52. The highest BCUT2D eigenvalue weighted by molar-refractivity contribution is 8.00. The van der Waals surface area contributed by atoms with Gasteiger partial charge in [0.1, 0.15) is 6.10 Å². The van der Waals surface area contributed by atoms with E-state index in [1.807, 2.05) is 25.6 Å². The standard InChI is InChI=1S/C12H22O3S/c1-4-5-6-13-7-10-11-9(8-16-10)14-12(2,3)15-11/h9-11H,4-8H2,1-3H3/t9?,10?,11-/m0/s1. The number of ether oxygens (including phenoxy) is 3. The zero-order valence-corrected chi connectivity index (χ0v) is 11.2. The van der Waals surface area contributed by atoms with Crippen LogP contribution in [0.25, 0.3) is 0 Å². The summed E-state index contributed by atoms with van der Waals surface area (Å²) in [6.45, 7) is 7.83. The molecule has 0 spiro atoms. The summed E-state index contributed by atoms with van der Waals surface area (Å²) in [5.41, 5.74) is 0. The number of hydrogen-bond donors (Lipinski definition) is 0. The van der Waals surface area contributed by atoms with Crippen LogP contribution >= 0.6 is 11.8 Å². The number of rotatable bonds is 5. The van der Waals surface area contributed by atoms with Crippen molar-refractivity contribution in [3.05, 3.63) is 0 Å². The molecule has 0 aromatic heterocycles. The summed E-state index contributed by atoms with van der Waals surface area (Å²) in [6, 6.07) is 0. The predicted octanol–water partition coefficient (Wildman–Crippen LogP) is 2.44. The second kappa shape index (κ2) is 5.25. The monoisotopic (exact) mass is 246 g/mol. The maximum absolute atomic E-state index is 5.92. The molecule has 2 heterocycles. The minimum absolute atomic E-state index is 0.224. The Morgan fingerprint density at radius 3 is 2.94 bits per heavy atom. The Labute approximate surface area is 102 Å². The molecule has 16 heavy (non-hydrogen) atoms. The highest BCUT2D eigenvalue weighted by atomic mass is 32.2. The summed E-state index contributed by atoms with van der Waals surface area (Å²) in [4.78, 5) is 0. The van der Waals surface area contributed by atoms with E-state index in [9.17, 15) is 0 Å². The van der Waals surface area contributed by atoms with Crippen molar-refractivity contribution in [1.29, 1.82) is 0 Å². The molecule has 0 radical (unpaired) electrons. The molecule has 94 valence electrons. The Hall–Kier alpha value is 0.230. The third-order valence-electron chi connectivity index (χ3n) is 2.99. The van der Waals surface area contributed by atoms with Crippen molar-refractivity contribution in [3.63, 3.8) is 0 Å². The number of hydrogen-bond acceptors (Lipinski definition) is 4. The first-order valence-corrected chi connectivity index (χ1v) is 7.22. The number of unbranched alkanes of at least 4 members (excludes halogenated alkanes) is 1. The van der Waals surface area contributed by atoms with E-state index in [0.29, 0.717) is 5.25 Å². The van der Waals surface area contributed by atoms with Gasteiger partial charge >= 0.3 is 0 Å². The van der Waals surface area contributed by atoms with Gasteiger partial charge in [0.2, 0.25) is 0 Å². The van der Waals surface area contributed by atoms with Crippen LogP contribution in [0.2, 0.25) is 0 Å². The molecular formula is C12H22O3S. The van der Waals surface area contributed by atoms with Gasteiger partial charge in [-0.2, -0.15) is 11.8 Å². The predicted molar refractivity (Wildman–Crippen MR) is 65.8 cm³/mol. The van der Waals surface area contributed by atoms with Crippen LogP contribution in [-0.4, -0.2) is 42.2 Å². The van der Waals surface area contributed by atoms with Crippen LogP contribution in [0.1, 0.15) is 33.6 Å². The lowest BCUT2D eigenvalue weighted by Crippen LogP contribution is -2.31. The van der Waals surface area contributed by atoms with Crippen molar-refractivity contribution in [2.75, 3.05) is 19.0 Å². The second-order valence-electron chi connectivity index (χ2n) is 4.94. The van der Waals surface area contributed by atoms with E-state index < -0.39 is 5.79 Å². The van der Waals surface area contributed by atoms with Crippen LogP contribution in [0.4, 0.5) is 0 Å². The Morgan fingerprint density at radius 1 is 1.38 bits per heavy atom. The van der Waals surface area contributed by atoms with E-state index in [1.54, 1.807) is 0 Å². The molecular weight excluding hydrogens is 224 g/mol. The van der Waals surface area contributed by atoms with Gasteiger partial charge in [-0.15, -0.1) is 0 Å². The second-order valence-corrected chi connectivity index (χ2v) is 6.21. The average Bonchev–Trinajstić information content (AvgIpc) is 2.69. The molecule has 3 nitrogen and oxygen atoms in total. The van der Waals surface area contributed by atoms with Crippen molar-refractivity contribution in [2.45, 2.75) is 56.9 Å². The molecule has 0 aromatic carbocycles. The minimum Gasteiger partial charge on any atom is -0.380 e. The Balaban J connectivity index is 1.75. The molecule has 0 aliphatic carbocycles. The third kappa shape index (κ3) is 2.92. The van der Waals surface area contributed by atoms with Crippen molar-refractivity contribution >= 4 is 11.8 Å². The molecule has 4 heteroatoms. The van der Waals surface area contributed by atoms with Gasteiger partial charge in [0.15, 0.2) is 5.79 Å². The van der Waals surface area contributed by atoms with E-state index in [0.717, 1.165) is 25.4 Å². The van der Waals surface area contributed by atoms with E-state index in [2.05, 4.69) is 6.92 Å². The van der Waals surface area contributed by atoms with E-state index >= 15 is 0 Å². The van der Waals surface area contributed by atoms with Crippen molar-refractivity contribution in [1.82, 2.24) is 0 Å². The number of fused-ring (bicyclic) bond motifs is 1. The van der Waals surface area contributed by atoms with Crippen LogP contribution in [0.15, 0.2) is 0 Å². The lowest BCUT2D eigenvalue weighted by molar-refractivity contribution is -0.146. The largest absolute Gasteiger partial charge is 0.380 e. The topological polar surface area (TPSA) is 27.7 Å². The maximum Gasteiger partial charge on any atom is 0.163 e. The lowest BCUT2D eigenvalue weighted by atomic mass is 10.2. The van der Waals surface area contributed by atoms with Gasteiger partial charge in [-0.1, -0.05) is 13.3 Å². The van der Waals surface area contributed by atoms with Crippen LogP contribution in [0.3, 0.4) is 0 Å².